The standard InChI is InChI=1S/C22H20N4O3/c1-26-18(12-13-23-26)21(15-8-4-3-5-9-15)24-22(27)17-14-20(29-25-17)16-10-6-7-11-19(16)28-2/h3-14,21H,1-2H3,(H,24,27)/t21-/m0/s1. The van der Waals surface area contributed by atoms with Crippen LogP contribution in [0.15, 0.2) is 77.4 Å². The maximum absolute atomic E-state index is 12.9. The van der Waals surface area contributed by atoms with Crippen molar-refractivity contribution < 1.29 is 14.1 Å². The average Bonchev–Trinajstić information content (AvgIpc) is 3.42. The molecule has 0 aliphatic carbocycles. The summed E-state index contributed by atoms with van der Waals surface area (Å²) in [7, 11) is 3.43. The van der Waals surface area contributed by atoms with Crippen LogP contribution in [0.5, 0.6) is 5.75 Å². The Bertz CT molecular complexity index is 1120. The van der Waals surface area contributed by atoms with E-state index in [1.807, 2.05) is 67.7 Å². The molecule has 0 aliphatic heterocycles. The zero-order valence-electron chi connectivity index (χ0n) is 16.1. The molecule has 7 nitrogen and oxygen atoms in total. The summed E-state index contributed by atoms with van der Waals surface area (Å²) < 4.78 is 12.5. The fourth-order valence-corrected chi connectivity index (χ4v) is 3.20. The maximum Gasteiger partial charge on any atom is 0.274 e. The largest absolute Gasteiger partial charge is 0.496 e. The maximum atomic E-state index is 12.9. The first-order valence-corrected chi connectivity index (χ1v) is 9.11. The Labute approximate surface area is 167 Å². The number of nitrogens with one attached hydrogen (secondary N) is 1. The summed E-state index contributed by atoms with van der Waals surface area (Å²) in [5.74, 6) is 0.766. The number of nitrogens with zero attached hydrogens (tertiary/aromatic N) is 3. The van der Waals surface area contributed by atoms with Crippen LogP contribution in [0.4, 0.5) is 0 Å². The number of hydrogen-bond acceptors (Lipinski definition) is 5. The second-order valence-corrected chi connectivity index (χ2v) is 6.47. The van der Waals surface area contributed by atoms with E-state index in [-0.39, 0.29) is 17.6 Å². The molecular formula is C22H20N4O3. The SMILES string of the molecule is COc1ccccc1-c1cc(C(=O)N[C@@H](c2ccccc2)c2ccnn2C)no1. The van der Waals surface area contributed by atoms with Crippen LogP contribution in [0.2, 0.25) is 0 Å². The molecule has 0 bridgehead atoms. The molecule has 0 saturated heterocycles. The van der Waals surface area contributed by atoms with E-state index in [0.29, 0.717) is 11.5 Å². The fourth-order valence-electron chi connectivity index (χ4n) is 3.20. The molecule has 146 valence electrons. The third-order valence-corrected chi connectivity index (χ3v) is 4.68. The highest BCUT2D eigenvalue weighted by molar-refractivity contribution is 5.93. The lowest BCUT2D eigenvalue weighted by atomic mass is 10.0. The third-order valence-electron chi connectivity index (χ3n) is 4.68. The van der Waals surface area contributed by atoms with Crippen LogP contribution in [0.25, 0.3) is 11.3 Å². The van der Waals surface area contributed by atoms with Crippen molar-refractivity contribution in [3.63, 3.8) is 0 Å². The van der Waals surface area contributed by atoms with Gasteiger partial charge in [0, 0.05) is 19.3 Å². The van der Waals surface area contributed by atoms with Gasteiger partial charge in [-0.05, 0) is 23.8 Å². The van der Waals surface area contributed by atoms with Crippen LogP contribution >= 0.6 is 0 Å². The molecule has 2 aromatic carbocycles. The molecule has 4 rings (SSSR count). The van der Waals surface area contributed by atoms with Crippen molar-refractivity contribution in [3.8, 4) is 17.1 Å². The number of carbonyl (C=O) groups is 1. The van der Waals surface area contributed by atoms with Gasteiger partial charge in [-0.15, -0.1) is 0 Å². The van der Waals surface area contributed by atoms with E-state index in [0.717, 1.165) is 16.8 Å². The minimum absolute atomic E-state index is 0.189. The lowest BCUT2D eigenvalue weighted by molar-refractivity contribution is 0.0932. The number of ether oxygens (including phenoxy) is 1. The summed E-state index contributed by atoms with van der Waals surface area (Å²) in [6, 6.07) is 20.2. The number of benzene rings is 2. The van der Waals surface area contributed by atoms with Gasteiger partial charge in [-0.25, -0.2) is 0 Å². The van der Waals surface area contributed by atoms with Gasteiger partial charge in [-0.1, -0.05) is 47.6 Å². The zero-order chi connectivity index (χ0) is 20.2. The molecule has 0 fully saturated rings. The van der Waals surface area contributed by atoms with Crippen molar-refractivity contribution in [2.75, 3.05) is 7.11 Å². The molecule has 0 saturated carbocycles. The van der Waals surface area contributed by atoms with Crippen molar-refractivity contribution >= 4 is 5.91 Å². The van der Waals surface area contributed by atoms with Crippen molar-refractivity contribution in [1.82, 2.24) is 20.3 Å². The summed E-state index contributed by atoms with van der Waals surface area (Å²) >= 11 is 0. The molecule has 4 aromatic rings. The second-order valence-electron chi connectivity index (χ2n) is 6.47. The third kappa shape index (κ3) is 3.75. The van der Waals surface area contributed by atoms with Crippen molar-refractivity contribution in [2.24, 2.45) is 7.05 Å². The molecule has 0 radical (unpaired) electrons. The van der Waals surface area contributed by atoms with Crippen LogP contribution in [0.1, 0.15) is 27.8 Å². The van der Waals surface area contributed by atoms with E-state index in [1.54, 1.807) is 24.1 Å². The Kier molecular flexibility index (Phi) is 5.11. The number of para-hydroxylation sites is 1. The second kappa shape index (κ2) is 8.02. The highest BCUT2D eigenvalue weighted by Crippen LogP contribution is 2.30. The molecule has 1 atom stereocenters. The first kappa shape index (κ1) is 18.5. The van der Waals surface area contributed by atoms with Crippen LogP contribution in [-0.4, -0.2) is 28.0 Å². The van der Waals surface area contributed by atoms with Crippen LogP contribution in [0, 0.1) is 0 Å². The van der Waals surface area contributed by atoms with Crippen LogP contribution in [0.3, 0.4) is 0 Å². The minimum atomic E-state index is -0.373. The molecule has 29 heavy (non-hydrogen) atoms. The van der Waals surface area contributed by atoms with Crippen molar-refractivity contribution in [1.29, 1.82) is 0 Å². The number of aryl methyl sites for hydroxylation is 1. The van der Waals surface area contributed by atoms with E-state index in [1.165, 1.54) is 0 Å². The Balaban J connectivity index is 1.62. The van der Waals surface area contributed by atoms with Crippen LogP contribution in [-0.2, 0) is 7.05 Å². The summed E-state index contributed by atoms with van der Waals surface area (Å²) in [6.07, 6.45) is 1.70. The van der Waals surface area contributed by atoms with Gasteiger partial charge in [0.2, 0.25) is 0 Å². The predicted molar refractivity (Wildman–Crippen MR) is 107 cm³/mol. The van der Waals surface area contributed by atoms with Crippen LogP contribution < -0.4 is 10.1 Å². The minimum Gasteiger partial charge on any atom is -0.496 e. The Morgan fingerprint density at radius 3 is 2.59 bits per heavy atom. The van der Waals surface area contributed by atoms with Gasteiger partial charge in [-0.3, -0.25) is 9.48 Å². The molecule has 1 N–H and O–H groups in total. The summed E-state index contributed by atoms with van der Waals surface area (Å²) in [5, 5.41) is 11.2. The van der Waals surface area contributed by atoms with Gasteiger partial charge >= 0.3 is 0 Å². The first-order chi connectivity index (χ1) is 14.2. The lowest BCUT2D eigenvalue weighted by Crippen LogP contribution is -2.30. The van der Waals surface area contributed by atoms with Gasteiger partial charge in [0.05, 0.1) is 24.4 Å². The van der Waals surface area contributed by atoms with Crippen molar-refractivity contribution in [2.45, 2.75) is 6.04 Å². The number of rotatable bonds is 6. The smallest absolute Gasteiger partial charge is 0.274 e. The number of carbonyl (C=O) groups excluding carboxylic acids is 1. The molecule has 7 heteroatoms. The Morgan fingerprint density at radius 2 is 1.86 bits per heavy atom. The molecule has 2 heterocycles. The van der Waals surface area contributed by atoms with Gasteiger partial charge in [0.15, 0.2) is 11.5 Å². The topological polar surface area (TPSA) is 82.2 Å². The Hall–Kier alpha value is -3.87. The van der Waals surface area contributed by atoms with Gasteiger partial charge in [-0.2, -0.15) is 5.10 Å². The molecule has 0 unspecified atom stereocenters. The molecule has 0 spiro atoms. The van der Waals surface area contributed by atoms with Crippen molar-refractivity contribution in [3.05, 3.63) is 89.9 Å². The number of hydrogen-bond donors (Lipinski definition) is 1. The zero-order valence-corrected chi connectivity index (χ0v) is 16.1. The summed E-state index contributed by atoms with van der Waals surface area (Å²) in [6.45, 7) is 0. The molecule has 2 aromatic heterocycles. The highest BCUT2D eigenvalue weighted by atomic mass is 16.5. The number of amides is 1. The van der Waals surface area contributed by atoms with E-state index in [2.05, 4.69) is 15.6 Å². The van der Waals surface area contributed by atoms with Gasteiger partial charge in [0.25, 0.3) is 5.91 Å². The average molecular weight is 388 g/mol. The highest BCUT2D eigenvalue weighted by Gasteiger charge is 2.23. The van der Waals surface area contributed by atoms with E-state index in [4.69, 9.17) is 9.26 Å². The number of methoxy groups -OCH3 is 1. The van der Waals surface area contributed by atoms with Gasteiger partial charge in [0.1, 0.15) is 5.75 Å². The summed E-state index contributed by atoms with van der Waals surface area (Å²) in [4.78, 5) is 12.9. The van der Waals surface area contributed by atoms with E-state index in [9.17, 15) is 4.79 Å². The molecule has 1 amide bonds. The molecule has 0 aliphatic rings. The quantitative estimate of drug-likeness (QED) is 0.546. The number of aromatic nitrogens is 3. The first-order valence-electron chi connectivity index (χ1n) is 9.11. The molecular weight excluding hydrogens is 368 g/mol. The van der Waals surface area contributed by atoms with Gasteiger partial charge < -0.3 is 14.6 Å². The van der Waals surface area contributed by atoms with E-state index < -0.39 is 0 Å². The predicted octanol–water partition coefficient (Wildman–Crippen LogP) is 3.60. The monoisotopic (exact) mass is 388 g/mol. The lowest BCUT2D eigenvalue weighted by Gasteiger charge is -2.19. The fraction of sp³-hybridized carbons (Fsp3) is 0.136. The summed E-state index contributed by atoms with van der Waals surface area (Å²) in [5.41, 5.74) is 2.72. The Morgan fingerprint density at radius 1 is 1.10 bits per heavy atom. The van der Waals surface area contributed by atoms with E-state index >= 15 is 0 Å². The normalized spacial score (nSPS) is 11.8.